The fourth-order valence-electron chi connectivity index (χ4n) is 2.44. The summed E-state index contributed by atoms with van der Waals surface area (Å²) in [7, 11) is 0. The molecule has 1 N–H and O–H groups in total. The van der Waals surface area contributed by atoms with Crippen LogP contribution in [0.15, 0.2) is 24.3 Å². The van der Waals surface area contributed by atoms with Crippen molar-refractivity contribution in [2.75, 3.05) is 0 Å². The van der Waals surface area contributed by atoms with Crippen molar-refractivity contribution in [1.29, 1.82) is 0 Å². The fraction of sp³-hybridized carbons (Fsp3) is 0.600. The van der Waals surface area contributed by atoms with Crippen molar-refractivity contribution < 1.29 is 5.11 Å². The molecule has 0 spiro atoms. The summed E-state index contributed by atoms with van der Waals surface area (Å²) in [6.45, 7) is 13.7. The van der Waals surface area contributed by atoms with Gasteiger partial charge in [0.2, 0.25) is 0 Å². The van der Waals surface area contributed by atoms with Crippen LogP contribution in [0.5, 0.6) is 5.75 Å². The molecule has 1 nitrogen and oxygen atoms in total. The zero-order valence-electron chi connectivity index (χ0n) is 11.3. The number of rotatable bonds is 2. The van der Waals surface area contributed by atoms with E-state index in [0.717, 1.165) is 0 Å². The monoisotopic (exact) mass is 220 g/mol. The molecule has 0 bridgehead atoms. The van der Waals surface area contributed by atoms with E-state index >= 15 is 0 Å². The van der Waals surface area contributed by atoms with Crippen molar-refractivity contribution in [3.63, 3.8) is 0 Å². The maximum Gasteiger partial charge on any atom is 0.115 e. The molecule has 1 atom stereocenters. The second-order valence-electron chi connectivity index (χ2n) is 6.15. The Bertz CT molecular complexity index is 343. The molecule has 0 radical (unpaired) electrons. The molecule has 1 aromatic rings. The van der Waals surface area contributed by atoms with Gasteiger partial charge in [-0.2, -0.15) is 0 Å². The van der Waals surface area contributed by atoms with Crippen LogP contribution in [0.25, 0.3) is 0 Å². The molecule has 0 aromatic heterocycles. The van der Waals surface area contributed by atoms with Crippen LogP contribution in [0.3, 0.4) is 0 Å². The van der Waals surface area contributed by atoms with Crippen molar-refractivity contribution in [2.45, 2.75) is 47.0 Å². The molecule has 1 aromatic carbocycles. The summed E-state index contributed by atoms with van der Waals surface area (Å²) in [6.07, 6.45) is 0. The van der Waals surface area contributed by atoms with Gasteiger partial charge < -0.3 is 5.11 Å². The first-order valence-corrected chi connectivity index (χ1v) is 5.99. The highest BCUT2D eigenvalue weighted by atomic mass is 16.3. The molecule has 0 saturated heterocycles. The first kappa shape index (κ1) is 13.1. The van der Waals surface area contributed by atoms with Gasteiger partial charge in [0.25, 0.3) is 0 Å². The maximum absolute atomic E-state index is 9.36. The molecule has 16 heavy (non-hydrogen) atoms. The highest BCUT2D eigenvalue weighted by molar-refractivity contribution is 5.33. The van der Waals surface area contributed by atoms with E-state index in [-0.39, 0.29) is 10.8 Å². The van der Waals surface area contributed by atoms with Crippen molar-refractivity contribution in [3.05, 3.63) is 29.8 Å². The van der Waals surface area contributed by atoms with Gasteiger partial charge in [0, 0.05) is 0 Å². The van der Waals surface area contributed by atoms with E-state index in [1.54, 1.807) is 12.1 Å². The third-order valence-corrected chi connectivity index (χ3v) is 4.18. The quantitative estimate of drug-likeness (QED) is 0.785. The third kappa shape index (κ3) is 2.09. The molecule has 0 saturated carbocycles. The molecular formula is C15H24O. The van der Waals surface area contributed by atoms with Crippen molar-refractivity contribution in [3.8, 4) is 5.75 Å². The van der Waals surface area contributed by atoms with Crippen LogP contribution in [0.4, 0.5) is 0 Å². The highest BCUT2D eigenvalue weighted by Gasteiger charge is 2.41. The summed E-state index contributed by atoms with van der Waals surface area (Å²) in [5.74, 6) is 0.890. The normalized spacial score (nSPS) is 16.2. The van der Waals surface area contributed by atoms with Crippen LogP contribution in [-0.4, -0.2) is 5.11 Å². The second-order valence-corrected chi connectivity index (χ2v) is 6.15. The molecular weight excluding hydrogens is 196 g/mol. The Labute approximate surface area is 99.5 Å². The lowest BCUT2D eigenvalue weighted by atomic mass is 9.58. The molecule has 0 heterocycles. The highest BCUT2D eigenvalue weighted by Crippen LogP contribution is 2.46. The van der Waals surface area contributed by atoms with E-state index in [2.05, 4.69) is 41.5 Å². The van der Waals surface area contributed by atoms with Crippen LogP contribution in [0.2, 0.25) is 0 Å². The number of aromatic hydroxyl groups is 1. The minimum atomic E-state index is 0.112. The van der Waals surface area contributed by atoms with Gasteiger partial charge in [-0.05, 0) is 34.4 Å². The van der Waals surface area contributed by atoms with E-state index in [1.165, 1.54) is 5.56 Å². The summed E-state index contributed by atoms with van der Waals surface area (Å²) in [6, 6.07) is 7.64. The molecule has 90 valence electrons. The number of phenolic OH excluding ortho intramolecular Hbond substituents is 1. The van der Waals surface area contributed by atoms with Crippen molar-refractivity contribution >= 4 is 0 Å². The lowest BCUT2D eigenvalue weighted by molar-refractivity contribution is 0.142. The van der Waals surface area contributed by atoms with Gasteiger partial charge >= 0.3 is 0 Å². The largest absolute Gasteiger partial charge is 0.508 e. The molecule has 1 unspecified atom stereocenters. The second kappa shape index (κ2) is 4.12. The molecule has 0 aliphatic carbocycles. The Hall–Kier alpha value is -0.980. The lowest BCUT2D eigenvalue weighted by Crippen LogP contribution is -2.41. The van der Waals surface area contributed by atoms with Crippen LogP contribution in [0, 0.1) is 11.3 Å². The Balaban J connectivity index is 3.28. The standard InChI is InChI=1S/C15H24O/c1-11(2)15(6,14(3,4)5)12-7-9-13(16)10-8-12/h7-11,16H,1-6H3. The summed E-state index contributed by atoms with van der Waals surface area (Å²) >= 11 is 0. The van der Waals surface area contributed by atoms with E-state index in [0.29, 0.717) is 11.7 Å². The van der Waals surface area contributed by atoms with Gasteiger partial charge in [-0.3, -0.25) is 0 Å². The predicted octanol–water partition coefficient (Wildman–Crippen LogP) is 4.35. The summed E-state index contributed by atoms with van der Waals surface area (Å²) in [5, 5.41) is 9.36. The average Bonchev–Trinajstić information content (AvgIpc) is 2.15. The van der Waals surface area contributed by atoms with E-state index in [9.17, 15) is 5.11 Å². The van der Waals surface area contributed by atoms with Gasteiger partial charge in [0.05, 0.1) is 0 Å². The number of phenols is 1. The van der Waals surface area contributed by atoms with Gasteiger partial charge in [0.15, 0.2) is 0 Å². The smallest absolute Gasteiger partial charge is 0.115 e. The zero-order chi connectivity index (χ0) is 12.6. The van der Waals surface area contributed by atoms with Gasteiger partial charge in [0.1, 0.15) is 5.75 Å². The first-order valence-electron chi connectivity index (χ1n) is 5.99. The summed E-state index contributed by atoms with van der Waals surface area (Å²) in [5.41, 5.74) is 1.60. The SMILES string of the molecule is CC(C)C(C)(c1ccc(O)cc1)C(C)(C)C. The summed E-state index contributed by atoms with van der Waals surface area (Å²) in [4.78, 5) is 0. The Morgan fingerprint density at radius 2 is 1.38 bits per heavy atom. The van der Waals surface area contributed by atoms with Gasteiger partial charge in [-0.15, -0.1) is 0 Å². The Morgan fingerprint density at radius 3 is 1.69 bits per heavy atom. The van der Waals surface area contributed by atoms with E-state index in [1.807, 2.05) is 12.1 Å². The predicted molar refractivity (Wildman–Crippen MR) is 69.8 cm³/mol. The maximum atomic E-state index is 9.36. The van der Waals surface area contributed by atoms with E-state index in [4.69, 9.17) is 0 Å². The van der Waals surface area contributed by atoms with Crippen LogP contribution < -0.4 is 0 Å². The zero-order valence-corrected chi connectivity index (χ0v) is 11.3. The van der Waals surface area contributed by atoms with Gasteiger partial charge in [-0.1, -0.05) is 53.7 Å². The molecule has 1 heteroatoms. The first-order chi connectivity index (χ1) is 7.19. The van der Waals surface area contributed by atoms with Crippen LogP contribution in [0.1, 0.15) is 47.1 Å². The number of hydrogen-bond donors (Lipinski definition) is 1. The molecule has 0 fully saturated rings. The van der Waals surface area contributed by atoms with Gasteiger partial charge in [-0.25, -0.2) is 0 Å². The van der Waals surface area contributed by atoms with Crippen molar-refractivity contribution in [2.24, 2.45) is 11.3 Å². The molecule has 0 aliphatic heterocycles. The molecule has 0 amide bonds. The number of hydrogen-bond acceptors (Lipinski definition) is 1. The minimum Gasteiger partial charge on any atom is -0.508 e. The average molecular weight is 220 g/mol. The molecule has 0 aliphatic rings. The van der Waals surface area contributed by atoms with Crippen LogP contribution in [-0.2, 0) is 5.41 Å². The minimum absolute atomic E-state index is 0.112. The summed E-state index contributed by atoms with van der Waals surface area (Å²) < 4.78 is 0. The van der Waals surface area contributed by atoms with Crippen LogP contribution >= 0.6 is 0 Å². The fourth-order valence-corrected chi connectivity index (χ4v) is 2.44. The topological polar surface area (TPSA) is 20.2 Å². The van der Waals surface area contributed by atoms with Crippen molar-refractivity contribution in [1.82, 2.24) is 0 Å². The Morgan fingerprint density at radius 1 is 0.938 bits per heavy atom. The lowest BCUT2D eigenvalue weighted by Gasteiger charge is -2.46. The number of benzene rings is 1. The van der Waals surface area contributed by atoms with E-state index < -0.39 is 0 Å². The third-order valence-electron chi connectivity index (χ3n) is 4.18. The molecule has 1 rings (SSSR count). The Kier molecular flexibility index (Phi) is 3.37.